The van der Waals surface area contributed by atoms with Gasteiger partial charge in [0.25, 0.3) is 0 Å². The normalized spacial score (nSPS) is 19.4. The van der Waals surface area contributed by atoms with E-state index in [1.165, 1.54) is 18.5 Å². The summed E-state index contributed by atoms with van der Waals surface area (Å²) in [5, 5.41) is 11.6. The molecule has 30 heavy (non-hydrogen) atoms. The molecule has 2 atom stereocenters. The van der Waals surface area contributed by atoms with Crippen LogP contribution in [0.5, 0.6) is 11.5 Å². The van der Waals surface area contributed by atoms with Crippen LogP contribution < -0.4 is 19.7 Å². The molecule has 2 N–H and O–H groups in total. The molecule has 2 aliphatic rings. The van der Waals surface area contributed by atoms with Gasteiger partial charge in [-0.3, -0.25) is 4.79 Å². The highest BCUT2D eigenvalue weighted by molar-refractivity contribution is 5.77. The number of aliphatic hydroxyl groups is 1. The van der Waals surface area contributed by atoms with Gasteiger partial charge in [-0.25, -0.2) is 0 Å². The molecule has 1 saturated carbocycles. The summed E-state index contributed by atoms with van der Waals surface area (Å²) in [4.78, 5) is 13.7. The quantitative estimate of drug-likeness (QED) is 0.664. The molecule has 1 heterocycles. The van der Waals surface area contributed by atoms with Crippen LogP contribution in [-0.4, -0.2) is 43.4 Å². The van der Waals surface area contributed by atoms with E-state index in [0.717, 1.165) is 49.1 Å². The van der Waals surface area contributed by atoms with Gasteiger partial charge in [-0.05, 0) is 67.6 Å². The molecular formula is C24H30N2O4. The number of carbonyl (C=O) groups excluding carboxylic acids is 1. The fourth-order valence-electron chi connectivity index (χ4n) is 3.71. The smallest absolute Gasteiger partial charge is 0.246 e. The number of amides is 1. The molecule has 4 rings (SSSR count). The molecule has 6 heteroatoms. The van der Waals surface area contributed by atoms with E-state index < -0.39 is 6.61 Å². The highest BCUT2D eigenvalue weighted by Crippen LogP contribution is 2.30. The summed E-state index contributed by atoms with van der Waals surface area (Å²) in [6, 6.07) is 16.0. The second kappa shape index (κ2) is 9.39. The molecule has 2 aromatic carbocycles. The van der Waals surface area contributed by atoms with Crippen molar-refractivity contribution in [3.05, 3.63) is 54.1 Å². The Morgan fingerprint density at radius 1 is 1.10 bits per heavy atom. The van der Waals surface area contributed by atoms with Crippen molar-refractivity contribution >= 4 is 11.6 Å². The molecule has 1 aliphatic heterocycles. The largest absolute Gasteiger partial charge is 0.493 e. The van der Waals surface area contributed by atoms with E-state index in [1.807, 2.05) is 31.2 Å². The summed E-state index contributed by atoms with van der Waals surface area (Å²) in [6.45, 7) is 4.05. The molecule has 0 radical (unpaired) electrons. The Balaban J connectivity index is 1.26. The standard InChI is InChI=1S/C24H30N2O4/c1-17(25-24(28)15-27)19-4-8-22(9-5-19)30-23-12-13-26(14-23)20-6-10-21(11-7-20)29-16-18-2-3-18/h4-11,17-18,23,27H,2-3,12-16H2,1H3,(H,25,28)/t17-,23+/m0/s1. The first-order chi connectivity index (χ1) is 14.6. The summed E-state index contributed by atoms with van der Waals surface area (Å²) in [7, 11) is 0. The molecule has 0 spiro atoms. The second-order valence-corrected chi connectivity index (χ2v) is 8.24. The Kier molecular flexibility index (Phi) is 6.43. The predicted molar refractivity (Wildman–Crippen MR) is 116 cm³/mol. The summed E-state index contributed by atoms with van der Waals surface area (Å²) >= 11 is 0. The molecule has 2 aromatic rings. The second-order valence-electron chi connectivity index (χ2n) is 8.24. The van der Waals surface area contributed by atoms with Crippen LogP contribution in [-0.2, 0) is 4.79 Å². The first-order valence-corrected chi connectivity index (χ1v) is 10.8. The number of hydrogen-bond donors (Lipinski definition) is 2. The Bertz CT molecular complexity index is 833. The van der Waals surface area contributed by atoms with Crippen LogP contribution in [0.3, 0.4) is 0 Å². The zero-order chi connectivity index (χ0) is 20.9. The number of nitrogens with one attached hydrogen (secondary N) is 1. The third-order valence-electron chi connectivity index (χ3n) is 5.73. The molecule has 2 fully saturated rings. The van der Waals surface area contributed by atoms with Crippen molar-refractivity contribution in [1.82, 2.24) is 5.32 Å². The summed E-state index contributed by atoms with van der Waals surface area (Å²) in [5.74, 6) is 2.16. The number of nitrogens with zero attached hydrogens (tertiary/aromatic N) is 1. The van der Waals surface area contributed by atoms with E-state index in [4.69, 9.17) is 14.6 Å². The van der Waals surface area contributed by atoms with Crippen LogP contribution in [0.1, 0.15) is 37.8 Å². The highest BCUT2D eigenvalue weighted by atomic mass is 16.5. The summed E-state index contributed by atoms with van der Waals surface area (Å²) in [5.41, 5.74) is 2.17. The maximum atomic E-state index is 11.3. The lowest BCUT2D eigenvalue weighted by Gasteiger charge is -2.20. The third kappa shape index (κ3) is 5.45. The average molecular weight is 411 g/mol. The number of rotatable bonds is 9. The minimum absolute atomic E-state index is 0.146. The van der Waals surface area contributed by atoms with Crippen LogP contribution in [0.25, 0.3) is 0 Å². The fourth-order valence-corrected chi connectivity index (χ4v) is 3.71. The number of anilines is 1. The molecule has 1 aliphatic carbocycles. The van der Waals surface area contributed by atoms with E-state index in [-0.39, 0.29) is 18.1 Å². The Morgan fingerprint density at radius 3 is 2.47 bits per heavy atom. The number of carbonyl (C=O) groups is 1. The van der Waals surface area contributed by atoms with Gasteiger partial charge in [0.1, 0.15) is 24.2 Å². The molecule has 160 valence electrons. The monoisotopic (exact) mass is 410 g/mol. The van der Waals surface area contributed by atoms with E-state index >= 15 is 0 Å². The van der Waals surface area contributed by atoms with E-state index in [2.05, 4.69) is 34.5 Å². The lowest BCUT2D eigenvalue weighted by Crippen LogP contribution is -2.29. The van der Waals surface area contributed by atoms with Crippen molar-refractivity contribution in [2.75, 3.05) is 31.2 Å². The lowest BCUT2D eigenvalue weighted by atomic mass is 10.1. The van der Waals surface area contributed by atoms with Gasteiger partial charge < -0.3 is 24.8 Å². The van der Waals surface area contributed by atoms with Gasteiger partial charge >= 0.3 is 0 Å². The molecular weight excluding hydrogens is 380 g/mol. The first kappa shape index (κ1) is 20.5. The molecule has 1 saturated heterocycles. The van der Waals surface area contributed by atoms with Crippen LogP contribution in [0, 0.1) is 5.92 Å². The number of ether oxygens (including phenoxy) is 2. The van der Waals surface area contributed by atoms with Crippen molar-refractivity contribution in [2.24, 2.45) is 5.92 Å². The van der Waals surface area contributed by atoms with Crippen LogP contribution in [0.4, 0.5) is 5.69 Å². The van der Waals surface area contributed by atoms with E-state index in [0.29, 0.717) is 0 Å². The van der Waals surface area contributed by atoms with Crippen molar-refractivity contribution in [2.45, 2.75) is 38.3 Å². The topological polar surface area (TPSA) is 71.0 Å². The predicted octanol–water partition coefficient (Wildman–Crippen LogP) is 3.30. The molecule has 0 aromatic heterocycles. The Morgan fingerprint density at radius 2 is 1.80 bits per heavy atom. The average Bonchev–Trinajstić information content (AvgIpc) is 3.49. The molecule has 1 amide bonds. The summed E-state index contributed by atoms with van der Waals surface area (Å²) < 4.78 is 12.0. The van der Waals surface area contributed by atoms with Crippen LogP contribution in [0.2, 0.25) is 0 Å². The zero-order valence-corrected chi connectivity index (χ0v) is 17.4. The third-order valence-corrected chi connectivity index (χ3v) is 5.73. The van der Waals surface area contributed by atoms with Gasteiger partial charge in [0.15, 0.2) is 0 Å². The van der Waals surface area contributed by atoms with Crippen LogP contribution in [0.15, 0.2) is 48.5 Å². The molecule has 6 nitrogen and oxygen atoms in total. The Labute approximate surface area is 177 Å². The van der Waals surface area contributed by atoms with E-state index in [9.17, 15) is 4.79 Å². The van der Waals surface area contributed by atoms with Crippen molar-refractivity contribution in [1.29, 1.82) is 0 Å². The lowest BCUT2D eigenvalue weighted by molar-refractivity contribution is -0.124. The van der Waals surface area contributed by atoms with Crippen molar-refractivity contribution < 1.29 is 19.4 Å². The number of benzene rings is 2. The van der Waals surface area contributed by atoms with Gasteiger partial charge in [-0.15, -0.1) is 0 Å². The van der Waals surface area contributed by atoms with Gasteiger partial charge in [-0.2, -0.15) is 0 Å². The molecule has 0 bridgehead atoms. The van der Waals surface area contributed by atoms with Gasteiger partial charge in [0.05, 0.1) is 19.2 Å². The zero-order valence-electron chi connectivity index (χ0n) is 17.4. The van der Waals surface area contributed by atoms with Gasteiger partial charge in [-0.1, -0.05) is 12.1 Å². The molecule has 0 unspecified atom stereocenters. The maximum Gasteiger partial charge on any atom is 0.246 e. The summed E-state index contributed by atoms with van der Waals surface area (Å²) in [6.07, 6.45) is 3.73. The SMILES string of the molecule is C[C@H](NC(=O)CO)c1ccc(O[C@@H]2CCN(c3ccc(OCC4CC4)cc3)C2)cc1. The van der Waals surface area contributed by atoms with Gasteiger partial charge in [0, 0.05) is 18.7 Å². The first-order valence-electron chi connectivity index (χ1n) is 10.8. The number of aliphatic hydroxyl groups excluding tert-OH is 1. The van der Waals surface area contributed by atoms with Gasteiger partial charge in [0.2, 0.25) is 5.91 Å². The fraction of sp³-hybridized carbons (Fsp3) is 0.458. The Hall–Kier alpha value is -2.73. The van der Waals surface area contributed by atoms with E-state index in [1.54, 1.807) is 0 Å². The van der Waals surface area contributed by atoms with Crippen molar-refractivity contribution in [3.63, 3.8) is 0 Å². The number of hydrogen-bond acceptors (Lipinski definition) is 5. The minimum atomic E-state index is -0.500. The van der Waals surface area contributed by atoms with Crippen LogP contribution >= 0.6 is 0 Å². The highest BCUT2D eigenvalue weighted by Gasteiger charge is 2.25. The van der Waals surface area contributed by atoms with Crippen molar-refractivity contribution in [3.8, 4) is 11.5 Å². The maximum absolute atomic E-state index is 11.3. The minimum Gasteiger partial charge on any atom is -0.493 e.